The molecule has 1 atom stereocenters. The molecule has 8 heteroatoms. The van der Waals surface area contributed by atoms with Crippen LogP contribution in [0.1, 0.15) is 11.1 Å². The Labute approximate surface area is 196 Å². The molecule has 3 aromatic carbocycles. The third kappa shape index (κ3) is 6.39. The van der Waals surface area contributed by atoms with Crippen LogP contribution in [-0.2, 0) is 32.1 Å². The Bertz CT molecular complexity index is 1050. The van der Waals surface area contributed by atoms with Crippen LogP contribution in [0.2, 0.25) is 10.0 Å². The average molecular weight is 474 g/mol. The third-order valence-electron chi connectivity index (χ3n) is 4.46. The van der Waals surface area contributed by atoms with E-state index < -0.39 is 18.2 Å². The van der Waals surface area contributed by atoms with Crippen LogP contribution in [-0.4, -0.2) is 25.3 Å². The lowest BCUT2D eigenvalue weighted by Gasteiger charge is -2.21. The van der Waals surface area contributed by atoms with E-state index in [0.29, 0.717) is 11.3 Å². The van der Waals surface area contributed by atoms with Crippen LogP contribution in [0.25, 0.3) is 0 Å². The van der Waals surface area contributed by atoms with Gasteiger partial charge in [0.1, 0.15) is 12.4 Å². The molecule has 0 aliphatic carbocycles. The zero-order chi connectivity index (χ0) is 22.9. The number of ether oxygens (including phenoxy) is 3. The van der Waals surface area contributed by atoms with E-state index in [4.69, 9.17) is 37.4 Å². The topological polar surface area (TPSA) is 73.9 Å². The highest BCUT2D eigenvalue weighted by Crippen LogP contribution is 2.31. The second kappa shape index (κ2) is 11.4. The van der Waals surface area contributed by atoms with Gasteiger partial charge in [-0.15, -0.1) is 0 Å². The second-order valence-corrected chi connectivity index (χ2v) is 7.51. The number of para-hydroxylation sites is 2. The molecule has 0 amide bonds. The van der Waals surface area contributed by atoms with Gasteiger partial charge in [-0.3, -0.25) is 4.79 Å². The van der Waals surface area contributed by atoms with Gasteiger partial charge < -0.3 is 19.5 Å². The van der Waals surface area contributed by atoms with E-state index >= 15 is 0 Å². The molecule has 1 unspecified atom stereocenters. The average Bonchev–Trinajstić information content (AvgIpc) is 2.80. The smallest absolute Gasteiger partial charge is 0.369 e. The van der Waals surface area contributed by atoms with Crippen LogP contribution >= 0.6 is 23.2 Å². The van der Waals surface area contributed by atoms with Crippen molar-refractivity contribution >= 4 is 40.8 Å². The number of hydrogen-bond donors (Lipinski definition) is 1. The lowest BCUT2D eigenvalue weighted by Crippen LogP contribution is -2.36. The normalized spacial score (nSPS) is 11.3. The molecule has 0 spiro atoms. The summed E-state index contributed by atoms with van der Waals surface area (Å²) in [6.45, 7) is -0.0759. The van der Waals surface area contributed by atoms with Crippen molar-refractivity contribution in [2.24, 2.45) is 0 Å². The van der Waals surface area contributed by atoms with E-state index in [9.17, 15) is 9.59 Å². The first-order valence-electron chi connectivity index (χ1n) is 9.70. The number of anilines is 1. The zero-order valence-corrected chi connectivity index (χ0v) is 18.7. The second-order valence-electron chi connectivity index (χ2n) is 6.69. The molecule has 0 heterocycles. The van der Waals surface area contributed by atoms with Gasteiger partial charge in [0.25, 0.3) is 6.23 Å². The van der Waals surface area contributed by atoms with E-state index in [1.165, 1.54) is 7.11 Å². The lowest BCUT2D eigenvalue weighted by atomic mass is 10.2. The maximum Gasteiger partial charge on any atom is 0.369 e. The van der Waals surface area contributed by atoms with Gasteiger partial charge in [-0.1, -0.05) is 77.8 Å². The van der Waals surface area contributed by atoms with Gasteiger partial charge in [-0.05, 0) is 23.8 Å². The highest BCUT2D eigenvalue weighted by atomic mass is 35.5. The maximum absolute atomic E-state index is 12.8. The summed E-state index contributed by atoms with van der Waals surface area (Å²) in [5.74, 6) is -0.862. The Morgan fingerprint density at radius 1 is 0.906 bits per heavy atom. The number of carbonyl (C=O) groups excluding carboxylic acids is 2. The molecule has 0 aromatic heterocycles. The molecule has 3 aromatic rings. The number of rotatable bonds is 9. The van der Waals surface area contributed by atoms with E-state index in [-0.39, 0.29) is 28.8 Å². The summed E-state index contributed by atoms with van der Waals surface area (Å²) in [7, 11) is 1.52. The molecule has 0 aliphatic rings. The summed E-state index contributed by atoms with van der Waals surface area (Å²) in [5.41, 5.74) is 1.66. The molecule has 0 bridgehead atoms. The van der Waals surface area contributed by atoms with Gasteiger partial charge >= 0.3 is 11.9 Å². The van der Waals surface area contributed by atoms with Gasteiger partial charge in [0, 0.05) is 5.56 Å². The largest absolute Gasteiger partial charge is 0.496 e. The first-order chi connectivity index (χ1) is 15.5. The molecular weight excluding hydrogens is 453 g/mol. The Morgan fingerprint density at radius 3 is 2.25 bits per heavy atom. The molecule has 0 radical (unpaired) electrons. The van der Waals surface area contributed by atoms with Gasteiger partial charge in [0.05, 0.1) is 29.3 Å². The van der Waals surface area contributed by atoms with Gasteiger partial charge in [0.15, 0.2) is 0 Å². The van der Waals surface area contributed by atoms with Crippen LogP contribution in [0.15, 0.2) is 72.8 Å². The van der Waals surface area contributed by atoms with Crippen LogP contribution in [0, 0.1) is 0 Å². The van der Waals surface area contributed by atoms with Crippen molar-refractivity contribution in [3.8, 4) is 5.75 Å². The molecule has 0 saturated carbocycles. The standard InChI is InChI=1S/C24H21Cl2NO5/c1-30-20-13-6-5-10-17(20)15-31-24(29)23(27-22-18(25)11-7-12-19(22)26)32-21(28)14-16-8-3-2-4-9-16/h2-13,23,27H,14-15H2,1H3. The number of carbonyl (C=O) groups is 2. The summed E-state index contributed by atoms with van der Waals surface area (Å²) in [4.78, 5) is 25.3. The van der Waals surface area contributed by atoms with Crippen molar-refractivity contribution < 1.29 is 23.8 Å². The van der Waals surface area contributed by atoms with Crippen molar-refractivity contribution in [3.05, 3.63) is 94.0 Å². The van der Waals surface area contributed by atoms with E-state index in [1.54, 1.807) is 54.6 Å². The minimum Gasteiger partial charge on any atom is -0.496 e. The molecule has 166 valence electrons. The van der Waals surface area contributed by atoms with Crippen LogP contribution in [0.5, 0.6) is 5.75 Å². The third-order valence-corrected chi connectivity index (χ3v) is 5.09. The molecular formula is C24H21Cl2NO5. The van der Waals surface area contributed by atoms with Gasteiger partial charge in [-0.25, -0.2) is 4.79 Å². The van der Waals surface area contributed by atoms with Crippen LogP contribution in [0.3, 0.4) is 0 Å². The quantitative estimate of drug-likeness (QED) is 0.337. The highest BCUT2D eigenvalue weighted by molar-refractivity contribution is 6.39. The van der Waals surface area contributed by atoms with Crippen molar-refractivity contribution in [1.82, 2.24) is 0 Å². The maximum atomic E-state index is 12.8. The molecule has 6 nitrogen and oxygen atoms in total. The molecule has 0 aliphatic heterocycles. The van der Waals surface area contributed by atoms with Crippen molar-refractivity contribution in [2.45, 2.75) is 19.3 Å². The monoisotopic (exact) mass is 473 g/mol. The molecule has 3 rings (SSSR count). The fraction of sp³-hybridized carbons (Fsp3) is 0.167. The summed E-state index contributed by atoms with van der Waals surface area (Å²) in [5, 5.41) is 3.31. The zero-order valence-electron chi connectivity index (χ0n) is 17.2. The van der Waals surface area contributed by atoms with E-state index in [2.05, 4.69) is 5.32 Å². The molecule has 0 saturated heterocycles. The number of benzene rings is 3. The fourth-order valence-electron chi connectivity index (χ4n) is 2.89. The van der Waals surface area contributed by atoms with E-state index in [1.807, 2.05) is 18.2 Å². The lowest BCUT2D eigenvalue weighted by molar-refractivity contribution is -0.166. The van der Waals surface area contributed by atoms with Gasteiger partial charge in [0.2, 0.25) is 0 Å². The number of nitrogens with one attached hydrogen (secondary N) is 1. The number of hydrogen-bond acceptors (Lipinski definition) is 6. The summed E-state index contributed by atoms with van der Waals surface area (Å²) in [6.07, 6.45) is -1.48. The Kier molecular flexibility index (Phi) is 8.36. The fourth-order valence-corrected chi connectivity index (χ4v) is 3.39. The summed E-state index contributed by atoms with van der Waals surface area (Å²) < 4.78 is 16.1. The SMILES string of the molecule is COc1ccccc1COC(=O)C(Nc1c(Cl)cccc1Cl)OC(=O)Cc1ccccc1. The van der Waals surface area contributed by atoms with Crippen molar-refractivity contribution in [1.29, 1.82) is 0 Å². The summed E-state index contributed by atoms with van der Waals surface area (Å²) >= 11 is 12.4. The first-order valence-corrected chi connectivity index (χ1v) is 10.5. The number of halogens is 2. The van der Waals surface area contributed by atoms with Gasteiger partial charge in [-0.2, -0.15) is 0 Å². The molecule has 1 N–H and O–H groups in total. The molecule has 32 heavy (non-hydrogen) atoms. The number of methoxy groups -OCH3 is 1. The van der Waals surface area contributed by atoms with Crippen LogP contribution in [0.4, 0.5) is 5.69 Å². The predicted octanol–water partition coefficient (Wildman–Crippen LogP) is 5.27. The Hall–Kier alpha value is -3.22. The van der Waals surface area contributed by atoms with Crippen molar-refractivity contribution in [2.75, 3.05) is 12.4 Å². The first kappa shape index (κ1) is 23.4. The van der Waals surface area contributed by atoms with Crippen LogP contribution < -0.4 is 10.1 Å². The minimum absolute atomic E-state index is 0.0188. The Balaban J connectivity index is 1.75. The predicted molar refractivity (Wildman–Crippen MR) is 123 cm³/mol. The summed E-state index contributed by atoms with van der Waals surface area (Å²) in [6, 6.07) is 21.0. The number of esters is 2. The van der Waals surface area contributed by atoms with Crippen molar-refractivity contribution in [3.63, 3.8) is 0 Å². The molecule has 0 fully saturated rings. The Morgan fingerprint density at radius 2 is 1.56 bits per heavy atom. The highest BCUT2D eigenvalue weighted by Gasteiger charge is 2.27. The minimum atomic E-state index is -1.46. The van der Waals surface area contributed by atoms with E-state index in [0.717, 1.165) is 5.56 Å².